The van der Waals surface area contributed by atoms with Crippen molar-refractivity contribution < 1.29 is 9.90 Å². The molecule has 1 aromatic carbocycles. The van der Waals surface area contributed by atoms with Gasteiger partial charge in [0.1, 0.15) is 37.5 Å². The molecule has 98 valence electrons. The van der Waals surface area contributed by atoms with Crippen molar-refractivity contribution in [2.45, 2.75) is 29.7 Å². The van der Waals surface area contributed by atoms with Crippen LogP contribution in [0.2, 0.25) is 5.21 Å². The molecule has 3 unspecified atom stereocenters. The molecular formula is C12H8B6ClNO2. The first-order chi connectivity index (χ1) is 10.1. The van der Waals surface area contributed by atoms with Crippen LogP contribution in [0.4, 0.5) is 0 Å². The Labute approximate surface area is 141 Å². The minimum absolute atomic E-state index is 0.0297. The molecule has 3 nitrogen and oxygen atoms in total. The summed E-state index contributed by atoms with van der Waals surface area (Å²) in [4.78, 5) is 12.6. The van der Waals surface area contributed by atoms with E-state index in [1.54, 1.807) is 0 Å². The van der Waals surface area contributed by atoms with Gasteiger partial charge in [0.25, 0.3) is 6.13 Å². The Morgan fingerprint density at radius 1 is 1.18 bits per heavy atom. The van der Waals surface area contributed by atoms with Crippen LogP contribution in [0.3, 0.4) is 0 Å². The summed E-state index contributed by atoms with van der Waals surface area (Å²) in [6, 6.07) is 0. The molecule has 1 heterocycles. The first-order valence-electron chi connectivity index (χ1n) is 6.79. The third kappa shape index (κ3) is 1.60. The summed E-state index contributed by atoms with van der Waals surface area (Å²) in [5.41, 5.74) is 5.39. The third-order valence-electron chi connectivity index (χ3n) is 5.06. The van der Waals surface area contributed by atoms with Gasteiger partial charge in [-0.15, -0.1) is 16.4 Å². The Morgan fingerprint density at radius 2 is 1.73 bits per heavy atom. The van der Waals surface area contributed by atoms with Crippen LogP contribution < -0.4 is 33.0 Å². The maximum Gasteiger partial charge on any atom is 0.283 e. The summed E-state index contributed by atoms with van der Waals surface area (Å²) in [6.45, 7) is 0. The minimum Gasteiger partial charge on any atom is -0.385 e. The molecule has 10 radical (unpaired) electrons. The molecule has 2 aliphatic rings. The molecule has 0 bridgehead atoms. The van der Waals surface area contributed by atoms with E-state index in [9.17, 15) is 9.90 Å². The van der Waals surface area contributed by atoms with Crippen LogP contribution in [-0.2, 0) is 10.3 Å². The largest absolute Gasteiger partial charge is 0.385 e. The number of ketones is 1. The number of aliphatic hydroxyl groups excluding tert-OH is 1. The lowest BCUT2D eigenvalue weighted by Gasteiger charge is -2.47. The van der Waals surface area contributed by atoms with Crippen molar-refractivity contribution in [1.82, 2.24) is 0 Å². The number of fused-ring (bicyclic) bond motifs is 3. The fourth-order valence-electron chi connectivity index (χ4n) is 3.67. The van der Waals surface area contributed by atoms with Gasteiger partial charge < -0.3 is 10.8 Å². The number of carbonyl (C=O) groups is 1. The molecule has 1 saturated carbocycles. The molecule has 1 fully saturated rings. The zero-order valence-electron chi connectivity index (χ0n) is 11.8. The topological polar surface area (TPSA) is 63.3 Å². The van der Waals surface area contributed by atoms with Gasteiger partial charge in [0.15, 0.2) is 5.78 Å². The van der Waals surface area contributed by atoms with E-state index in [1.165, 1.54) is 0 Å². The second-order valence-electron chi connectivity index (χ2n) is 6.07. The predicted octanol–water partition coefficient (Wildman–Crippen LogP) is -4.94. The van der Waals surface area contributed by atoms with Gasteiger partial charge in [-0.3, -0.25) is 4.79 Å². The number of rotatable bonds is 0. The third-order valence-corrected chi connectivity index (χ3v) is 5.66. The molecule has 10 heteroatoms. The first-order valence-corrected chi connectivity index (χ1v) is 7.23. The highest BCUT2D eigenvalue weighted by Gasteiger charge is 2.66. The van der Waals surface area contributed by atoms with Crippen LogP contribution in [0.25, 0.3) is 0 Å². The lowest BCUT2D eigenvalue weighted by molar-refractivity contribution is -0.136. The normalized spacial score (nSPS) is 33.7. The van der Waals surface area contributed by atoms with Crippen LogP contribution >= 0.6 is 11.5 Å². The highest BCUT2D eigenvalue weighted by atomic mass is 35.5. The second kappa shape index (κ2) is 4.75. The summed E-state index contributed by atoms with van der Waals surface area (Å²) in [5.74, 6) is -0.638. The van der Waals surface area contributed by atoms with E-state index in [0.717, 1.165) is 0 Å². The molecule has 0 amide bonds. The van der Waals surface area contributed by atoms with Crippen molar-refractivity contribution in [2.75, 3.05) is 0 Å². The van der Waals surface area contributed by atoms with Gasteiger partial charge in [-0.25, -0.2) is 0 Å². The number of benzene rings is 1. The molecular weight excluding hydrogens is 290 g/mol. The molecule has 22 heavy (non-hydrogen) atoms. The van der Waals surface area contributed by atoms with Crippen molar-refractivity contribution >= 4 is 89.9 Å². The van der Waals surface area contributed by atoms with Crippen LogP contribution in [0, 0.1) is 0 Å². The number of nitrogens with two attached hydrogens (primary N) is 1. The average molecular weight is 299 g/mol. The van der Waals surface area contributed by atoms with E-state index < -0.39 is 28.8 Å². The van der Waals surface area contributed by atoms with Gasteiger partial charge in [-0.1, -0.05) is 17.3 Å². The summed E-state index contributed by atoms with van der Waals surface area (Å²) in [6.07, 6.45) is -1.71. The molecule has 0 aromatic heterocycles. The summed E-state index contributed by atoms with van der Waals surface area (Å²) in [7, 11) is 30.2. The van der Waals surface area contributed by atoms with E-state index in [0.29, 0.717) is 5.46 Å². The predicted molar refractivity (Wildman–Crippen MR) is 93.8 cm³/mol. The Kier molecular flexibility index (Phi) is 3.53. The van der Waals surface area contributed by atoms with Crippen LogP contribution in [0.1, 0.15) is 18.4 Å². The zero-order valence-corrected chi connectivity index (χ0v) is 12.5. The molecule has 3 N–H and O–H groups in total. The highest BCUT2D eigenvalue weighted by molar-refractivity contribution is 7.20. The minimum atomic E-state index is -1.76. The molecule has 1 aromatic rings. The monoisotopic (exact) mass is 299 g/mol. The maximum atomic E-state index is 12.6. The van der Waals surface area contributed by atoms with Gasteiger partial charge in [0.2, 0.25) is 0 Å². The van der Waals surface area contributed by atoms with E-state index in [2.05, 4.69) is 0 Å². The lowest BCUT2D eigenvalue weighted by atomic mass is 9.33. The van der Waals surface area contributed by atoms with Crippen LogP contribution in [-0.4, -0.2) is 62.4 Å². The molecule has 1 aliphatic carbocycles. The SMILES string of the molecule is [B]c1c([B])c([B])c2c(c1[B])B(Cl)C1([B])CCC(O)C(=O)C21N. The van der Waals surface area contributed by atoms with E-state index >= 15 is 0 Å². The number of aliphatic hydroxyl groups is 1. The van der Waals surface area contributed by atoms with Gasteiger partial charge in [-0.2, -0.15) is 11.5 Å². The summed E-state index contributed by atoms with van der Waals surface area (Å²) < 4.78 is 0. The Balaban J connectivity index is 2.44. The van der Waals surface area contributed by atoms with E-state index in [-0.39, 0.29) is 40.3 Å². The maximum absolute atomic E-state index is 12.6. The molecule has 0 spiro atoms. The van der Waals surface area contributed by atoms with Gasteiger partial charge in [0, 0.05) is 0 Å². The van der Waals surface area contributed by atoms with Gasteiger partial charge in [0.05, 0.1) is 13.4 Å². The Bertz CT molecular complexity index is 716. The van der Waals surface area contributed by atoms with Crippen molar-refractivity contribution in [3.8, 4) is 0 Å². The fourth-order valence-corrected chi connectivity index (χ4v) is 4.18. The van der Waals surface area contributed by atoms with Crippen molar-refractivity contribution in [3.05, 3.63) is 5.56 Å². The van der Waals surface area contributed by atoms with Crippen LogP contribution in [0.15, 0.2) is 0 Å². The quantitative estimate of drug-likeness (QED) is 0.472. The molecule has 0 saturated heterocycles. The molecule has 3 rings (SSSR count). The molecule has 1 aliphatic heterocycles. The van der Waals surface area contributed by atoms with E-state index in [4.69, 9.17) is 56.4 Å². The van der Waals surface area contributed by atoms with E-state index in [1.807, 2.05) is 0 Å². The number of halogens is 1. The van der Waals surface area contributed by atoms with Gasteiger partial charge >= 0.3 is 0 Å². The average Bonchev–Trinajstić information content (AvgIpc) is 2.67. The standard InChI is InChI=1S/C12H8B6ClNO2/c13-5-4-9(8(16)7(15)6(5)14)18(19)11(17)2-1-3(21)10(22)12(4,11)20/h3,21H,1-2,20H2. The summed E-state index contributed by atoms with van der Waals surface area (Å²) in [5, 5.41) is 8.62. The van der Waals surface area contributed by atoms with Crippen molar-refractivity contribution in [2.24, 2.45) is 5.73 Å². The van der Waals surface area contributed by atoms with Crippen molar-refractivity contribution in [3.63, 3.8) is 0 Å². The number of Topliss-reactive ketones (excluding diaryl/α,β-unsaturated/α-hetero) is 1. The number of hydrogen-bond donors (Lipinski definition) is 2. The first kappa shape index (κ1) is 16.4. The number of hydrogen-bond acceptors (Lipinski definition) is 3. The molecule has 3 atom stereocenters. The smallest absolute Gasteiger partial charge is 0.283 e. The lowest BCUT2D eigenvalue weighted by Crippen LogP contribution is -2.63. The summed E-state index contributed by atoms with van der Waals surface area (Å²) >= 11 is 6.49. The zero-order chi connectivity index (χ0) is 16.6. The van der Waals surface area contributed by atoms with Crippen LogP contribution in [0.5, 0.6) is 0 Å². The van der Waals surface area contributed by atoms with Gasteiger partial charge in [-0.05, 0) is 17.2 Å². The fraction of sp³-hybridized carbons (Fsp3) is 0.417. The Hall–Kier alpha value is -0.510. The number of carbonyl (C=O) groups excluding carboxylic acids is 1. The highest BCUT2D eigenvalue weighted by Crippen LogP contribution is 2.55. The van der Waals surface area contributed by atoms with Crippen molar-refractivity contribution in [1.29, 1.82) is 0 Å². The second-order valence-corrected chi connectivity index (χ2v) is 6.51. The Morgan fingerprint density at radius 3 is 2.32 bits per heavy atom.